The van der Waals surface area contributed by atoms with Crippen LogP contribution in [0.5, 0.6) is 0 Å². The predicted octanol–water partition coefficient (Wildman–Crippen LogP) is 4.38. The van der Waals surface area contributed by atoms with Crippen LogP contribution in [-0.4, -0.2) is 17.7 Å². The van der Waals surface area contributed by atoms with E-state index in [1.807, 2.05) is 0 Å². The normalized spacial score (nSPS) is 21.4. The van der Waals surface area contributed by atoms with Crippen LogP contribution in [0, 0.1) is 11.7 Å². The Morgan fingerprint density at radius 2 is 2.00 bits per heavy atom. The van der Waals surface area contributed by atoms with Crippen molar-refractivity contribution in [1.82, 2.24) is 0 Å². The van der Waals surface area contributed by atoms with E-state index in [4.69, 9.17) is 4.74 Å². The Hall–Kier alpha value is -1.78. The molecule has 1 aliphatic rings. The van der Waals surface area contributed by atoms with Gasteiger partial charge in [0.1, 0.15) is 11.4 Å². The number of ether oxygens (including phenoxy) is 1. The van der Waals surface area contributed by atoms with Crippen molar-refractivity contribution in [3.05, 3.63) is 24.0 Å². The molecule has 4 nitrogen and oxygen atoms in total. The Kier molecular flexibility index (Phi) is 4.40. The zero-order chi connectivity index (χ0) is 15.6. The van der Waals surface area contributed by atoms with Crippen LogP contribution < -0.4 is 10.6 Å². The van der Waals surface area contributed by atoms with Gasteiger partial charge < -0.3 is 10.1 Å². The maximum absolute atomic E-state index is 13.8. The van der Waals surface area contributed by atoms with Gasteiger partial charge in [-0.3, -0.25) is 5.32 Å². The van der Waals surface area contributed by atoms with E-state index < -0.39 is 11.7 Å². The van der Waals surface area contributed by atoms with E-state index in [1.165, 1.54) is 12.1 Å². The lowest BCUT2D eigenvalue weighted by Crippen LogP contribution is -2.34. The quantitative estimate of drug-likeness (QED) is 0.869. The van der Waals surface area contributed by atoms with Gasteiger partial charge in [-0.25, -0.2) is 9.18 Å². The molecule has 2 rings (SSSR count). The Bertz CT molecular complexity index is 519. The molecule has 0 radical (unpaired) electrons. The minimum atomic E-state index is -0.562. The Morgan fingerprint density at radius 3 is 2.57 bits per heavy atom. The Labute approximate surface area is 125 Å². The van der Waals surface area contributed by atoms with Gasteiger partial charge in [-0.15, -0.1) is 0 Å². The summed E-state index contributed by atoms with van der Waals surface area (Å²) in [5.41, 5.74) is 0.369. The molecule has 0 aromatic heterocycles. The van der Waals surface area contributed by atoms with E-state index in [0.717, 1.165) is 12.8 Å². The average molecular weight is 294 g/mol. The summed E-state index contributed by atoms with van der Waals surface area (Å²) in [5.74, 6) is 0.373. The first-order valence-corrected chi connectivity index (χ1v) is 7.29. The zero-order valence-corrected chi connectivity index (χ0v) is 13.0. The molecule has 116 valence electrons. The molecule has 1 fully saturated rings. The number of hydrogen-bond donors (Lipinski definition) is 2. The van der Waals surface area contributed by atoms with Crippen molar-refractivity contribution in [3.8, 4) is 0 Å². The van der Waals surface area contributed by atoms with E-state index >= 15 is 0 Å². The van der Waals surface area contributed by atoms with Crippen molar-refractivity contribution in [1.29, 1.82) is 0 Å². The third-order valence-corrected chi connectivity index (χ3v) is 3.35. The highest BCUT2D eigenvalue weighted by Crippen LogP contribution is 2.31. The molecule has 1 aliphatic carbocycles. The fourth-order valence-corrected chi connectivity index (χ4v) is 2.38. The van der Waals surface area contributed by atoms with Crippen molar-refractivity contribution >= 4 is 17.5 Å². The van der Waals surface area contributed by atoms with Crippen LogP contribution in [0.4, 0.5) is 20.6 Å². The summed E-state index contributed by atoms with van der Waals surface area (Å²) in [7, 11) is 0. The summed E-state index contributed by atoms with van der Waals surface area (Å²) in [4.78, 5) is 11.7. The first-order valence-electron chi connectivity index (χ1n) is 7.29. The molecule has 5 heteroatoms. The molecule has 0 aliphatic heterocycles. The van der Waals surface area contributed by atoms with Gasteiger partial charge in [-0.2, -0.15) is 0 Å². The van der Waals surface area contributed by atoms with Gasteiger partial charge >= 0.3 is 6.09 Å². The highest BCUT2D eigenvalue weighted by molar-refractivity contribution is 5.85. The largest absolute Gasteiger partial charge is 0.444 e. The smallest absolute Gasteiger partial charge is 0.412 e. The second-order valence-corrected chi connectivity index (χ2v) is 6.74. The molecular formula is C16H23FN2O2. The fourth-order valence-electron chi connectivity index (χ4n) is 2.38. The summed E-state index contributed by atoms with van der Waals surface area (Å²) in [5, 5.41) is 5.79. The topological polar surface area (TPSA) is 50.4 Å². The molecule has 1 saturated carbocycles. The molecule has 0 spiro atoms. The number of hydrogen-bond acceptors (Lipinski definition) is 3. The molecule has 0 bridgehead atoms. The lowest BCUT2D eigenvalue weighted by atomic mass is 9.82. The van der Waals surface area contributed by atoms with Crippen molar-refractivity contribution in [2.45, 2.75) is 52.2 Å². The molecule has 1 aromatic rings. The minimum absolute atomic E-state index is 0.311. The molecule has 2 N–H and O–H groups in total. The van der Waals surface area contributed by atoms with Gasteiger partial charge in [0.05, 0.1) is 5.69 Å². The molecule has 0 heterocycles. The number of carbonyl (C=O) groups is 1. The average Bonchev–Trinajstić information content (AvgIpc) is 2.28. The number of halogens is 1. The highest BCUT2D eigenvalue weighted by Gasteiger charge is 2.25. The monoisotopic (exact) mass is 294 g/mol. The third kappa shape index (κ3) is 4.62. The molecule has 1 amide bonds. The van der Waals surface area contributed by atoms with Crippen molar-refractivity contribution in [2.75, 3.05) is 10.6 Å². The van der Waals surface area contributed by atoms with Gasteiger partial charge in [-0.05, 0) is 57.7 Å². The number of nitrogens with one attached hydrogen (secondary N) is 2. The van der Waals surface area contributed by atoms with Crippen LogP contribution in [-0.2, 0) is 4.74 Å². The van der Waals surface area contributed by atoms with Crippen LogP contribution in [0.1, 0.15) is 40.5 Å². The summed E-state index contributed by atoms with van der Waals surface area (Å²) in [6, 6.07) is 4.78. The molecule has 0 saturated heterocycles. The first kappa shape index (κ1) is 15.6. The number of amides is 1. The molecule has 21 heavy (non-hydrogen) atoms. The second kappa shape index (κ2) is 5.92. The van der Waals surface area contributed by atoms with Crippen molar-refractivity contribution in [2.24, 2.45) is 5.92 Å². The third-order valence-electron chi connectivity index (χ3n) is 3.35. The standard InChI is InChI=1S/C16H23FN2O2/c1-10-7-12(8-10)18-14-9-11(5-6-13(14)17)19-15(20)21-16(2,3)4/h5-6,9-10,12,18H,7-8H2,1-4H3,(H,19,20). The maximum Gasteiger partial charge on any atom is 0.412 e. The SMILES string of the molecule is CC1CC(Nc2cc(NC(=O)OC(C)(C)C)ccc2F)C1. The second-order valence-electron chi connectivity index (χ2n) is 6.74. The van der Waals surface area contributed by atoms with Crippen LogP contribution in [0.2, 0.25) is 0 Å². The van der Waals surface area contributed by atoms with Crippen LogP contribution >= 0.6 is 0 Å². The van der Waals surface area contributed by atoms with Gasteiger partial charge in [0, 0.05) is 11.7 Å². The van der Waals surface area contributed by atoms with E-state index in [2.05, 4.69) is 17.6 Å². The number of benzene rings is 1. The fraction of sp³-hybridized carbons (Fsp3) is 0.562. The summed E-state index contributed by atoms with van der Waals surface area (Å²) >= 11 is 0. The molecular weight excluding hydrogens is 271 g/mol. The van der Waals surface area contributed by atoms with Gasteiger partial charge in [0.25, 0.3) is 0 Å². The number of anilines is 2. The van der Waals surface area contributed by atoms with Crippen molar-refractivity contribution in [3.63, 3.8) is 0 Å². The minimum Gasteiger partial charge on any atom is -0.444 e. The summed E-state index contributed by atoms with van der Waals surface area (Å²) in [6.45, 7) is 7.56. The predicted molar refractivity (Wildman–Crippen MR) is 82.1 cm³/mol. The summed E-state index contributed by atoms with van der Waals surface area (Å²) in [6.07, 6.45) is 1.55. The van der Waals surface area contributed by atoms with Crippen LogP contribution in [0.3, 0.4) is 0 Å². The van der Waals surface area contributed by atoms with E-state index in [1.54, 1.807) is 26.8 Å². The Morgan fingerprint density at radius 1 is 1.33 bits per heavy atom. The van der Waals surface area contributed by atoms with Gasteiger partial charge in [-0.1, -0.05) is 6.92 Å². The van der Waals surface area contributed by atoms with Crippen LogP contribution in [0.15, 0.2) is 18.2 Å². The van der Waals surface area contributed by atoms with Gasteiger partial charge in [0.2, 0.25) is 0 Å². The molecule has 1 aromatic carbocycles. The maximum atomic E-state index is 13.8. The van der Waals surface area contributed by atoms with Crippen LogP contribution in [0.25, 0.3) is 0 Å². The molecule has 0 atom stereocenters. The number of rotatable bonds is 3. The lowest BCUT2D eigenvalue weighted by molar-refractivity contribution is 0.0636. The van der Waals surface area contributed by atoms with E-state index in [0.29, 0.717) is 23.3 Å². The molecule has 0 unspecified atom stereocenters. The highest BCUT2D eigenvalue weighted by atomic mass is 19.1. The van der Waals surface area contributed by atoms with E-state index in [9.17, 15) is 9.18 Å². The van der Waals surface area contributed by atoms with Crippen molar-refractivity contribution < 1.29 is 13.9 Å². The Balaban J connectivity index is 1.99. The first-order chi connectivity index (χ1) is 9.73. The zero-order valence-electron chi connectivity index (χ0n) is 13.0. The van der Waals surface area contributed by atoms with Gasteiger partial charge in [0.15, 0.2) is 0 Å². The summed E-state index contributed by atoms with van der Waals surface area (Å²) < 4.78 is 19.0. The van der Waals surface area contributed by atoms with E-state index in [-0.39, 0.29) is 5.82 Å². The number of carbonyl (C=O) groups excluding carboxylic acids is 1. The lowest BCUT2D eigenvalue weighted by Gasteiger charge is -2.34.